The summed E-state index contributed by atoms with van der Waals surface area (Å²) >= 11 is 0. The van der Waals surface area contributed by atoms with E-state index in [1.165, 1.54) is 0 Å². The fourth-order valence-corrected chi connectivity index (χ4v) is 0.851. The van der Waals surface area contributed by atoms with E-state index in [1.807, 2.05) is 13.8 Å². The zero-order chi connectivity index (χ0) is 9.84. The molecule has 1 aromatic rings. The van der Waals surface area contributed by atoms with Crippen molar-refractivity contribution in [1.82, 2.24) is 10.2 Å². The normalized spacial score (nSPS) is 9.77. The van der Waals surface area contributed by atoms with E-state index in [2.05, 4.69) is 10.2 Å². The number of esters is 1. The van der Waals surface area contributed by atoms with Gasteiger partial charge in [-0.2, -0.15) is 5.10 Å². The number of carbonyl (C=O) groups is 1. The van der Waals surface area contributed by atoms with E-state index in [0.717, 1.165) is 11.3 Å². The van der Waals surface area contributed by atoms with Crippen LogP contribution in [0, 0.1) is 13.8 Å². The first-order chi connectivity index (χ1) is 6.15. The molecular weight excluding hydrogens is 168 g/mol. The van der Waals surface area contributed by atoms with Gasteiger partial charge in [-0.25, -0.2) is 4.79 Å². The van der Waals surface area contributed by atoms with Gasteiger partial charge in [0.25, 0.3) is 0 Å². The Balaban J connectivity index is 2.90. The predicted octanol–water partition coefficient (Wildman–Crippen LogP) is 1.27. The Kier molecular flexibility index (Phi) is 2.95. The molecule has 0 amide bonds. The largest absolute Gasteiger partial charge is 0.461 e. The van der Waals surface area contributed by atoms with Crippen LogP contribution in [0.15, 0.2) is 6.07 Å². The minimum absolute atomic E-state index is 0.268. The second-order valence-electron chi connectivity index (χ2n) is 2.72. The van der Waals surface area contributed by atoms with Gasteiger partial charge in [0.05, 0.1) is 12.3 Å². The number of aryl methyl sites for hydroxylation is 2. The predicted molar refractivity (Wildman–Crippen MR) is 47.5 cm³/mol. The van der Waals surface area contributed by atoms with Crippen LogP contribution in [0.4, 0.5) is 0 Å². The lowest BCUT2D eigenvalue weighted by Crippen LogP contribution is -2.09. The molecule has 0 bridgehead atoms. The second-order valence-corrected chi connectivity index (χ2v) is 2.72. The second kappa shape index (κ2) is 3.98. The molecule has 4 nitrogen and oxygen atoms in total. The van der Waals surface area contributed by atoms with Gasteiger partial charge in [0.2, 0.25) is 0 Å². The summed E-state index contributed by atoms with van der Waals surface area (Å²) < 4.78 is 4.78. The summed E-state index contributed by atoms with van der Waals surface area (Å²) in [7, 11) is 0. The summed E-state index contributed by atoms with van der Waals surface area (Å²) in [5.41, 5.74) is 2.04. The zero-order valence-corrected chi connectivity index (χ0v) is 8.00. The Morgan fingerprint density at radius 3 is 2.69 bits per heavy atom. The average Bonchev–Trinajstić information content (AvgIpc) is 2.10. The number of hydrogen-bond donors (Lipinski definition) is 0. The molecule has 0 radical (unpaired) electrons. The fourth-order valence-electron chi connectivity index (χ4n) is 0.851. The lowest BCUT2D eigenvalue weighted by molar-refractivity contribution is 0.0518. The number of hydrogen-bond acceptors (Lipinski definition) is 4. The molecule has 0 aliphatic carbocycles. The standard InChI is InChI=1S/C9H12N2O2/c1-4-13-9(12)8-5-6(2)7(3)10-11-8/h5H,4H2,1-3H3. The highest BCUT2D eigenvalue weighted by Crippen LogP contribution is 2.04. The molecule has 70 valence electrons. The van der Waals surface area contributed by atoms with Gasteiger partial charge in [-0.15, -0.1) is 5.10 Å². The summed E-state index contributed by atoms with van der Waals surface area (Å²) in [4.78, 5) is 11.2. The lowest BCUT2D eigenvalue weighted by Gasteiger charge is -2.01. The molecule has 0 aromatic carbocycles. The maximum Gasteiger partial charge on any atom is 0.358 e. The third kappa shape index (κ3) is 2.24. The minimum atomic E-state index is -0.418. The summed E-state index contributed by atoms with van der Waals surface area (Å²) in [6.07, 6.45) is 0. The molecule has 13 heavy (non-hydrogen) atoms. The lowest BCUT2D eigenvalue weighted by atomic mass is 10.2. The Bertz CT molecular complexity index is 323. The van der Waals surface area contributed by atoms with Crippen LogP contribution in [0.5, 0.6) is 0 Å². The van der Waals surface area contributed by atoms with Crippen LogP contribution in [-0.2, 0) is 4.74 Å². The van der Waals surface area contributed by atoms with Gasteiger partial charge in [-0.3, -0.25) is 0 Å². The van der Waals surface area contributed by atoms with Gasteiger partial charge in [0, 0.05) is 0 Å². The Labute approximate surface area is 76.9 Å². The van der Waals surface area contributed by atoms with Crippen molar-refractivity contribution >= 4 is 5.97 Å². The molecule has 0 atom stereocenters. The van der Waals surface area contributed by atoms with Gasteiger partial charge in [0.15, 0.2) is 5.69 Å². The van der Waals surface area contributed by atoms with Crippen LogP contribution >= 0.6 is 0 Å². The van der Waals surface area contributed by atoms with Crippen molar-refractivity contribution in [1.29, 1.82) is 0 Å². The molecule has 0 fully saturated rings. The monoisotopic (exact) mass is 180 g/mol. The third-order valence-corrected chi connectivity index (χ3v) is 1.72. The quantitative estimate of drug-likeness (QED) is 0.643. The third-order valence-electron chi connectivity index (χ3n) is 1.72. The van der Waals surface area contributed by atoms with Gasteiger partial charge < -0.3 is 4.74 Å². The maximum atomic E-state index is 11.2. The van der Waals surface area contributed by atoms with Gasteiger partial charge in [0.1, 0.15) is 0 Å². The van der Waals surface area contributed by atoms with Crippen molar-refractivity contribution in [2.45, 2.75) is 20.8 Å². The van der Waals surface area contributed by atoms with E-state index in [9.17, 15) is 4.79 Å². The van der Waals surface area contributed by atoms with Gasteiger partial charge in [-0.1, -0.05) is 0 Å². The van der Waals surface area contributed by atoms with Crippen molar-refractivity contribution in [3.63, 3.8) is 0 Å². The first-order valence-corrected chi connectivity index (χ1v) is 4.13. The number of nitrogens with zero attached hydrogens (tertiary/aromatic N) is 2. The van der Waals surface area contributed by atoms with Crippen LogP contribution in [0.25, 0.3) is 0 Å². The summed E-state index contributed by atoms with van der Waals surface area (Å²) in [5, 5.41) is 7.56. The van der Waals surface area contributed by atoms with E-state index in [1.54, 1.807) is 13.0 Å². The molecule has 0 aliphatic heterocycles. The molecule has 0 unspecified atom stereocenters. The van der Waals surface area contributed by atoms with Crippen molar-refractivity contribution in [2.24, 2.45) is 0 Å². The topological polar surface area (TPSA) is 52.1 Å². The van der Waals surface area contributed by atoms with Crippen molar-refractivity contribution in [3.8, 4) is 0 Å². The highest BCUT2D eigenvalue weighted by molar-refractivity contribution is 5.87. The van der Waals surface area contributed by atoms with Crippen LogP contribution in [0.1, 0.15) is 28.7 Å². The van der Waals surface area contributed by atoms with Crippen LogP contribution < -0.4 is 0 Å². The summed E-state index contributed by atoms with van der Waals surface area (Å²) in [5.74, 6) is -0.418. The minimum Gasteiger partial charge on any atom is -0.461 e. The smallest absolute Gasteiger partial charge is 0.358 e. The molecule has 0 saturated heterocycles. The molecule has 0 aliphatic rings. The highest BCUT2D eigenvalue weighted by Gasteiger charge is 2.09. The van der Waals surface area contributed by atoms with Gasteiger partial charge >= 0.3 is 5.97 Å². The van der Waals surface area contributed by atoms with Crippen molar-refractivity contribution in [2.75, 3.05) is 6.61 Å². The maximum absolute atomic E-state index is 11.2. The summed E-state index contributed by atoms with van der Waals surface area (Å²) in [6, 6.07) is 1.68. The molecule has 4 heteroatoms. The average molecular weight is 180 g/mol. The van der Waals surface area contributed by atoms with Gasteiger partial charge in [-0.05, 0) is 32.4 Å². The molecule has 1 heterocycles. The van der Waals surface area contributed by atoms with Crippen LogP contribution in [0.3, 0.4) is 0 Å². The SMILES string of the molecule is CCOC(=O)c1cc(C)c(C)nn1. The number of carbonyl (C=O) groups excluding carboxylic acids is 1. The van der Waals surface area contributed by atoms with Crippen molar-refractivity contribution < 1.29 is 9.53 Å². The van der Waals surface area contributed by atoms with Crippen LogP contribution in [-0.4, -0.2) is 22.8 Å². The number of aromatic nitrogens is 2. The summed E-state index contributed by atoms with van der Waals surface area (Å²) in [6.45, 7) is 5.84. The van der Waals surface area contributed by atoms with E-state index in [0.29, 0.717) is 6.61 Å². The molecular formula is C9H12N2O2. The van der Waals surface area contributed by atoms with E-state index < -0.39 is 5.97 Å². The van der Waals surface area contributed by atoms with E-state index >= 15 is 0 Å². The molecule has 1 rings (SSSR count). The zero-order valence-electron chi connectivity index (χ0n) is 8.00. The molecule has 0 spiro atoms. The Morgan fingerprint density at radius 2 is 2.15 bits per heavy atom. The highest BCUT2D eigenvalue weighted by atomic mass is 16.5. The number of ether oxygens (including phenoxy) is 1. The first kappa shape index (κ1) is 9.64. The van der Waals surface area contributed by atoms with E-state index in [4.69, 9.17) is 4.74 Å². The fraction of sp³-hybridized carbons (Fsp3) is 0.444. The van der Waals surface area contributed by atoms with Crippen molar-refractivity contribution in [3.05, 3.63) is 23.0 Å². The Hall–Kier alpha value is -1.45. The molecule has 0 N–H and O–H groups in total. The first-order valence-electron chi connectivity index (χ1n) is 4.13. The number of rotatable bonds is 2. The Morgan fingerprint density at radius 1 is 1.46 bits per heavy atom. The van der Waals surface area contributed by atoms with E-state index in [-0.39, 0.29) is 5.69 Å². The molecule has 0 saturated carbocycles. The molecule has 1 aromatic heterocycles. The van der Waals surface area contributed by atoms with Crippen LogP contribution in [0.2, 0.25) is 0 Å².